The number of hydrogen-bond acceptors (Lipinski definition) is 0. The van der Waals surface area contributed by atoms with Gasteiger partial charge in [-0.05, 0) is 61.5 Å². The molecule has 1 rings (SSSR count). The highest BCUT2D eigenvalue weighted by Gasteiger charge is 2.29. The summed E-state index contributed by atoms with van der Waals surface area (Å²) in [5.74, 6) is 3.61. The molecular formula is C15H26. The van der Waals surface area contributed by atoms with Gasteiger partial charge in [-0.25, -0.2) is 0 Å². The topological polar surface area (TPSA) is 0 Å². The molecule has 15 heavy (non-hydrogen) atoms. The van der Waals surface area contributed by atoms with Crippen LogP contribution in [0.1, 0.15) is 53.4 Å². The summed E-state index contributed by atoms with van der Waals surface area (Å²) < 4.78 is 0. The number of rotatable bonds is 3. The minimum Gasteiger partial charge on any atom is -0.130 e. The van der Waals surface area contributed by atoms with E-state index >= 15 is 0 Å². The van der Waals surface area contributed by atoms with Crippen molar-refractivity contribution in [3.05, 3.63) is 17.9 Å². The van der Waals surface area contributed by atoms with E-state index < -0.39 is 0 Å². The molecule has 4 unspecified atom stereocenters. The quantitative estimate of drug-likeness (QED) is 0.581. The maximum absolute atomic E-state index is 3.28. The van der Waals surface area contributed by atoms with Crippen molar-refractivity contribution in [2.24, 2.45) is 23.7 Å². The molecule has 0 aliphatic heterocycles. The first-order valence-electron chi connectivity index (χ1n) is 6.54. The first-order chi connectivity index (χ1) is 7.15. The molecule has 0 heterocycles. The number of allylic oxidation sites excluding steroid dienone is 1. The standard InChI is InChI=1S/C15H26/c1-5-6-7-8-9-15-11-12(2)10-13(3)14(15)4/h6,8,12-15H,5,9-11H2,1-4H3. The van der Waals surface area contributed by atoms with E-state index in [0.29, 0.717) is 0 Å². The monoisotopic (exact) mass is 206 g/mol. The fraction of sp³-hybridized carbons (Fsp3) is 0.800. The van der Waals surface area contributed by atoms with Crippen LogP contribution in [0, 0.1) is 23.7 Å². The molecule has 86 valence electrons. The van der Waals surface area contributed by atoms with Gasteiger partial charge >= 0.3 is 0 Å². The van der Waals surface area contributed by atoms with Gasteiger partial charge in [0.25, 0.3) is 0 Å². The average molecular weight is 206 g/mol. The fourth-order valence-electron chi connectivity index (χ4n) is 2.87. The lowest BCUT2D eigenvalue weighted by atomic mass is 9.69. The molecule has 1 fully saturated rings. The van der Waals surface area contributed by atoms with E-state index in [9.17, 15) is 0 Å². The summed E-state index contributed by atoms with van der Waals surface area (Å²) in [5.41, 5.74) is 3.28. The summed E-state index contributed by atoms with van der Waals surface area (Å²) in [4.78, 5) is 0. The Bertz CT molecular complexity index is 232. The van der Waals surface area contributed by atoms with E-state index in [4.69, 9.17) is 0 Å². The molecular weight excluding hydrogens is 180 g/mol. The molecule has 0 aromatic carbocycles. The van der Waals surface area contributed by atoms with Gasteiger partial charge in [0.2, 0.25) is 0 Å². The van der Waals surface area contributed by atoms with Crippen LogP contribution in [0.25, 0.3) is 0 Å². The van der Waals surface area contributed by atoms with Crippen LogP contribution in [-0.2, 0) is 0 Å². The van der Waals surface area contributed by atoms with E-state index in [-0.39, 0.29) is 0 Å². The molecule has 4 atom stereocenters. The predicted octanol–water partition coefficient (Wildman–Crippen LogP) is 4.82. The third-order valence-corrected chi connectivity index (χ3v) is 3.98. The van der Waals surface area contributed by atoms with Crippen LogP contribution in [0.15, 0.2) is 17.9 Å². The van der Waals surface area contributed by atoms with Crippen LogP contribution in [0.5, 0.6) is 0 Å². The highest BCUT2D eigenvalue weighted by atomic mass is 14.3. The van der Waals surface area contributed by atoms with Gasteiger partial charge in [0.1, 0.15) is 0 Å². The zero-order valence-corrected chi connectivity index (χ0v) is 10.8. The van der Waals surface area contributed by atoms with Crippen LogP contribution in [0.2, 0.25) is 0 Å². The summed E-state index contributed by atoms with van der Waals surface area (Å²) in [6.07, 6.45) is 9.54. The Balaban J connectivity index is 2.48. The lowest BCUT2D eigenvalue weighted by Crippen LogP contribution is -2.28. The molecule has 1 aliphatic carbocycles. The zero-order valence-electron chi connectivity index (χ0n) is 10.8. The van der Waals surface area contributed by atoms with Crippen LogP contribution in [-0.4, -0.2) is 0 Å². The summed E-state index contributed by atoms with van der Waals surface area (Å²) >= 11 is 0. The van der Waals surface area contributed by atoms with E-state index in [2.05, 4.69) is 45.6 Å². The van der Waals surface area contributed by atoms with Gasteiger partial charge in [-0.3, -0.25) is 0 Å². The Morgan fingerprint density at radius 2 is 1.87 bits per heavy atom. The summed E-state index contributed by atoms with van der Waals surface area (Å²) in [6.45, 7) is 9.41. The van der Waals surface area contributed by atoms with Crippen molar-refractivity contribution in [3.8, 4) is 0 Å². The van der Waals surface area contributed by atoms with E-state index in [0.717, 1.165) is 30.1 Å². The van der Waals surface area contributed by atoms with Gasteiger partial charge in [-0.15, -0.1) is 5.73 Å². The Kier molecular flexibility index (Phi) is 5.19. The van der Waals surface area contributed by atoms with Crippen molar-refractivity contribution in [1.82, 2.24) is 0 Å². The SMILES string of the molecule is CCC=C=CCC1CC(C)CC(C)C1C. The second-order valence-electron chi connectivity index (χ2n) is 5.39. The Labute approximate surface area is 95.5 Å². The smallest absolute Gasteiger partial charge is 0.0243 e. The Morgan fingerprint density at radius 1 is 1.13 bits per heavy atom. The Morgan fingerprint density at radius 3 is 2.53 bits per heavy atom. The normalized spacial score (nSPS) is 35.7. The molecule has 0 saturated heterocycles. The molecule has 0 bridgehead atoms. The van der Waals surface area contributed by atoms with Gasteiger partial charge in [0.15, 0.2) is 0 Å². The molecule has 0 heteroatoms. The third-order valence-electron chi connectivity index (χ3n) is 3.98. The molecule has 0 aromatic rings. The minimum absolute atomic E-state index is 0.890. The highest BCUT2D eigenvalue weighted by Crippen LogP contribution is 2.39. The van der Waals surface area contributed by atoms with Crippen molar-refractivity contribution in [1.29, 1.82) is 0 Å². The van der Waals surface area contributed by atoms with Crippen molar-refractivity contribution < 1.29 is 0 Å². The molecule has 1 aliphatic rings. The molecule has 0 spiro atoms. The lowest BCUT2D eigenvalue weighted by molar-refractivity contribution is 0.139. The first kappa shape index (κ1) is 12.6. The van der Waals surface area contributed by atoms with Crippen molar-refractivity contribution >= 4 is 0 Å². The van der Waals surface area contributed by atoms with Gasteiger partial charge in [-0.1, -0.05) is 27.7 Å². The third kappa shape index (κ3) is 3.87. The van der Waals surface area contributed by atoms with E-state index in [1.807, 2.05) is 0 Å². The average Bonchev–Trinajstić information content (AvgIpc) is 2.19. The van der Waals surface area contributed by atoms with Crippen LogP contribution in [0.3, 0.4) is 0 Å². The molecule has 0 amide bonds. The molecule has 0 radical (unpaired) electrons. The van der Waals surface area contributed by atoms with Crippen LogP contribution in [0.4, 0.5) is 0 Å². The van der Waals surface area contributed by atoms with Crippen molar-refractivity contribution in [2.45, 2.75) is 53.4 Å². The number of hydrogen-bond donors (Lipinski definition) is 0. The molecule has 0 aromatic heterocycles. The second-order valence-corrected chi connectivity index (χ2v) is 5.39. The maximum Gasteiger partial charge on any atom is -0.0243 e. The molecule has 0 nitrogen and oxygen atoms in total. The lowest BCUT2D eigenvalue weighted by Gasteiger charge is -2.37. The van der Waals surface area contributed by atoms with Gasteiger partial charge in [0, 0.05) is 0 Å². The van der Waals surface area contributed by atoms with Gasteiger partial charge in [0.05, 0.1) is 0 Å². The molecule has 0 N–H and O–H groups in total. The summed E-state index contributed by atoms with van der Waals surface area (Å²) in [7, 11) is 0. The maximum atomic E-state index is 3.28. The van der Waals surface area contributed by atoms with E-state index in [1.54, 1.807) is 0 Å². The van der Waals surface area contributed by atoms with Crippen LogP contribution < -0.4 is 0 Å². The summed E-state index contributed by atoms with van der Waals surface area (Å²) in [6, 6.07) is 0. The first-order valence-corrected chi connectivity index (χ1v) is 6.54. The predicted molar refractivity (Wildman–Crippen MR) is 67.8 cm³/mol. The largest absolute Gasteiger partial charge is 0.130 e. The fourth-order valence-corrected chi connectivity index (χ4v) is 2.87. The van der Waals surface area contributed by atoms with Gasteiger partial charge in [-0.2, -0.15) is 0 Å². The highest BCUT2D eigenvalue weighted by molar-refractivity contribution is 4.89. The Hall–Kier alpha value is -0.480. The molecule has 1 saturated carbocycles. The van der Waals surface area contributed by atoms with E-state index in [1.165, 1.54) is 19.3 Å². The van der Waals surface area contributed by atoms with Crippen LogP contribution >= 0.6 is 0 Å². The van der Waals surface area contributed by atoms with Crippen molar-refractivity contribution in [3.63, 3.8) is 0 Å². The minimum atomic E-state index is 0.890. The second kappa shape index (κ2) is 6.18. The van der Waals surface area contributed by atoms with Crippen molar-refractivity contribution in [2.75, 3.05) is 0 Å². The zero-order chi connectivity index (χ0) is 11.3. The van der Waals surface area contributed by atoms with Gasteiger partial charge < -0.3 is 0 Å². The summed E-state index contributed by atoms with van der Waals surface area (Å²) in [5, 5.41) is 0.